The van der Waals surface area contributed by atoms with Gasteiger partial charge in [-0.3, -0.25) is 14.7 Å². The van der Waals surface area contributed by atoms with E-state index in [0.717, 1.165) is 11.1 Å². The molecule has 1 N–H and O–H groups in total. The number of piperazine rings is 1. The Kier molecular flexibility index (Phi) is 4.60. The number of carbonyl (C=O) groups excluding carboxylic acids is 2. The van der Waals surface area contributed by atoms with Crippen LogP contribution in [0.3, 0.4) is 0 Å². The maximum atomic E-state index is 13.1. The van der Waals surface area contributed by atoms with E-state index in [2.05, 4.69) is 31.8 Å². The summed E-state index contributed by atoms with van der Waals surface area (Å²) in [6.45, 7) is 5.23. The van der Waals surface area contributed by atoms with Crippen molar-refractivity contribution in [3.8, 4) is 5.82 Å². The average molecular weight is 380 g/mol. The van der Waals surface area contributed by atoms with Gasteiger partial charge in [0.2, 0.25) is 5.91 Å². The third-order valence-electron chi connectivity index (χ3n) is 4.89. The van der Waals surface area contributed by atoms with Crippen molar-refractivity contribution in [3.63, 3.8) is 0 Å². The largest absolute Gasteiger partial charge is 0.335 e. The molecule has 0 saturated carbocycles. The summed E-state index contributed by atoms with van der Waals surface area (Å²) in [5.41, 5.74) is 2.55. The summed E-state index contributed by atoms with van der Waals surface area (Å²) in [7, 11) is 0. The van der Waals surface area contributed by atoms with Gasteiger partial charge >= 0.3 is 0 Å². The Balaban J connectivity index is 1.50. The van der Waals surface area contributed by atoms with Gasteiger partial charge in [0.25, 0.3) is 5.91 Å². The van der Waals surface area contributed by atoms with E-state index in [4.69, 9.17) is 0 Å². The third kappa shape index (κ3) is 3.24. The zero-order valence-corrected chi connectivity index (χ0v) is 15.6. The highest BCUT2D eigenvalue weighted by Gasteiger charge is 2.36. The third-order valence-corrected chi connectivity index (χ3v) is 4.89. The van der Waals surface area contributed by atoms with E-state index in [0.29, 0.717) is 31.0 Å². The summed E-state index contributed by atoms with van der Waals surface area (Å²) >= 11 is 0. The second-order valence-electron chi connectivity index (χ2n) is 6.81. The fourth-order valence-corrected chi connectivity index (χ4v) is 3.42. The number of benzene rings is 1. The van der Waals surface area contributed by atoms with Crippen molar-refractivity contribution in [1.29, 1.82) is 0 Å². The van der Waals surface area contributed by atoms with Crippen LogP contribution in [0.1, 0.15) is 28.4 Å². The van der Waals surface area contributed by atoms with Gasteiger partial charge in [-0.25, -0.2) is 0 Å². The zero-order valence-electron chi connectivity index (χ0n) is 15.6. The van der Waals surface area contributed by atoms with Gasteiger partial charge in [0.1, 0.15) is 17.9 Å². The maximum Gasteiger partial charge on any atom is 0.260 e. The van der Waals surface area contributed by atoms with E-state index < -0.39 is 6.04 Å². The summed E-state index contributed by atoms with van der Waals surface area (Å²) in [6, 6.07) is 7.52. The molecule has 0 bridgehead atoms. The number of aromatic amines is 1. The molecule has 1 aliphatic heterocycles. The van der Waals surface area contributed by atoms with Crippen molar-refractivity contribution < 1.29 is 9.59 Å². The van der Waals surface area contributed by atoms with E-state index in [9.17, 15) is 9.59 Å². The van der Waals surface area contributed by atoms with Crippen LogP contribution < -0.4 is 0 Å². The molecule has 0 radical (unpaired) electrons. The zero-order chi connectivity index (χ0) is 19.7. The minimum Gasteiger partial charge on any atom is -0.335 e. The molecule has 3 aromatic rings. The Labute approximate surface area is 161 Å². The molecule has 2 aromatic heterocycles. The molecule has 1 atom stereocenters. The minimum atomic E-state index is -0.567. The molecule has 10 nitrogen and oxygen atoms in total. The number of hydrogen-bond donors (Lipinski definition) is 1. The number of tetrazole rings is 1. The quantitative estimate of drug-likeness (QED) is 0.708. The van der Waals surface area contributed by atoms with Crippen LogP contribution in [0, 0.1) is 6.92 Å². The van der Waals surface area contributed by atoms with Gasteiger partial charge in [-0.2, -0.15) is 9.78 Å². The van der Waals surface area contributed by atoms with Crippen LogP contribution in [-0.2, 0) is 11.3 Å². The van der Waals surface area contributed by atoms with Crippen LogP contribution in [0.4, 0.5) is 0 Å². The Morgan fingerprint density at radius 2 is 2.18 bits per heavy atom. The van der Waals surface area contributed by atoms with Crippen LogP contribution in [0.15, 0.2) is 36.8 Å². The summed E-state index contributed by atoms with van der Waals surface area (Å²) in [5.74, 6) is 0.0146. The van der Waals surface area contributed by atoms with Crippen LogP contribution in [-0.4, -0.2) is 71.2 Å². The fraction of sp³-hybridized carbons (Fsp3) is 0.333. The lowest BCUT2D eigenvalue weighted by molar-refractivity contribution is -0.140. The van der Waals surface area contributed by atoms with E-state index in [1.807, 2.05) is 25.1 Å². The Hall–Kier alpha value is -3.56. The molecule has 1 aliphatic rings. The predicted octanol–water partition coefficient (Wildman–Crippen LogP) is 0.567. The molecule has 10 heteroatoms. The van der Waals surface area contributed by atoms with Gasteiger partial charge in [-0.15, -0.1) is 5.10 Å². The topological polar surface area (TPSA) is 113 Å². The molecular formula is C18H20N8O2. The number of H-pyrrole nitrogens is 1. The van der Waals surface area contributed by atoms with Crippen LogP contribution in [0.5, 0.6) is 0 Å². The van der Waals surface area contributed by atoms with E-state index in [1.54, 1.807) is 16.7 Å². The second-order valence-corrected chi connectivity index (χ2v) is 6.81. The molecule has 1 saturated heterocycles. The van der Waals surface area contributed by atoms with Crippen LogP contribution in [0.2, 0.25) is 0 Å². The van der Waals surface area contributed by atoms with Crippen molar-refractivity contribution in [3.05, 3.63) is 53.5 Å². The average Bonchev–Trinajstić information content (AvgIpc) is 3.36. The minimum absolute atomic E-state index is 0.0754. The van der Waals surface area contributed by atoms with E-state index in [-0.39, 0.29) is 11.8 Å². The lowest BCUT2D eigenvalue weighted by atomic mass is 10.1. The van der Waals surface area contributed by atoms with Gasteiger partial charge < -0.3 is 9.80 Å². The standard InChI is InChI=1S/C18H20N8O2/c1-12-4-3-5-14(8-12)10-24-6-7-25(13(2)17(24)27)18(28)15-9-19-21-16(15)26-11-20-22-23-26/h3-5,8-9,11,13H,6-7,10H2,1-2H3,(H,19,21)/t13-/m0/s1. The number of aromatic nitrogens is 6. The van der Waals surface area contributed by atoms with Gasteiger partial charge in [0.15, 0.2) is 5.82 Å². The van der Waals surface area contributed by atoms with Gasteiger partial charge in [0, 0.05) is 19.6 Å². The van der Waals surface area contributed by atoms with Gasteiger partial charge in [0.05, 0.1) is 6.20 Å². The number of carbonyl (C=O) groups is 2. The normalized spacial score (nSPS) is 17.2. The first kappa shape index (κ1) is 17.8. The van der Waals surface area contributed by atoms with Gasteiger partial charge in [-0.1, -0.05) is 29.8 Å². The highest BCUT2D eigenvalue weighted by Crippen LogP contribution is 2.20. The number of nitrogens with zero attached hydrogens (tertiary/aromatic N) is 7. The molecule has 3 heterocycles. The number of aryl methyl sites for hydroxylation is 1. The molecule has 0 spiro atoms. The molecule has 1 fully saturated rings. The molecule has 0 aliphatic carbocycles. The first-order valence-electron chi connectivity index (χ1n) is 8.96. The molecule has 144 valence electrons. The Bertz CT molecular complexity index is 997. The molecule has 0 unspecified atom stereocenters. The number of amides is 2. The molecule has 1 aromatic carbocycles. The highest BCUT2D eigenvalue weighted by atomic mass is 16.2. The lowest BCUT2D eigenvalue weighted by Crippen LogP contribution is -2.57. The van der Waals surface area contributed by atoms with E-state index >= 15 is 0 Å². The first-order chi connectivity index (χ1) is 13.5. The molecule has 28 heavy (non-hydrogen) atoms. The molecule has 2 amide bonds. The Morgan fingerprint density at radius 1 is 1.32 bits per heavy atom. The first-order valence-corrected chi connectivity index (χ1v) is 8.96. The van der Waals surface area contributed by atoms with Crippen molar-refractivity contribution in [2.45, 2.75) is 26.4 Å². The monoisotopic (exact) mass is 380 g/mol. The Morgan fingerprint density at radius 3 is 2.93 bits per heavy atom. The van der Waals surface area contributed by atoms with Crippen molar-refractivity contribution in [2.24, 2.45) is 0 Å². The summed E-state index contributed by atoms with van der Waals surface area (Å²) in [6.07, 6.45) is 2.80. The summed E-state index contributed by atoms with van der Waals surface area (Å²) < 4.78 is 1.33. The second kappa shape index (κ2) is 7.22. The highest BCUT2D eigenvalue weighted by molar-refractivity contribution is 6.00. The van der Waals surface area contributed by atoms with Crippen LogP contribution in [0.25, 0.3) is 5.82 Å². The number of rotatable bonds is 4. The molecule has 4 rings (SSSR count). The smallest absolute Gasteiger partial charge is 0.260 e. The predicted molar refractivity (Wildman–Crippen MR) is 98.4 cm³/mol. The maximum absolute atomic E-state index is 13.1. The number of hydrogen-bond acceptors (Lipinski definition) is 6. The fourth-order valence-electron chi connectivity index (χ4n) is 3.42. The summed E-state index contributed by atoms with van der Waals surface area (Å²) in [5, 5.41) is 17.6. The van der Waals surface area contributed by atoms with Crippen molar-refractivity contribution in [1.82, 2.24) is 40.2 Å². The summed E-state index contributed by atoms with van der Waals surface area (Å²) in [4.78, 5) is 29.3. The SMILES string of the molecule is Cc1cccc(CN2CCN(C(=O)c3cn[nH]c3-n3cnnn3)[C@@H](C)C2=O)c1. The molecular weight excluding hydrogens is 360 g/mol. The number of nitrogens with one attached hydrogen (secondary N) is 1. The van der Waals surface area contributed by atoms with Gasteiger partial charge in [-0.05, 0) is 29.8 Å². The van der Waals surface area contributed by atoms with Crippen molar-refractivity contribution in [2.75, 3.05) is 13.1 Å². The van der Waals surface area contributed by atoms with E-state index in [1.165, 1.54) is 17.2 Å². The van der Waals surface area contributed by atoms with Crippen LogP contribution >= 0.6 is 0 Å². The van der Waals surface area contributed by atoms with Crippen molar-refractivity contribution >= 4 is 11.8 Å². The lowest BCUT2D eigenvalue weighted by Gasteiger charge is -2.39.